The minimum Gasteiger partial charge on any atom is -0.457 e. The smallest absolute Gasteiger partial charge is 0.253 e. The molecule has 0 N–H and O–H groups in total. The van der Waals surface area contributed by atoms with Gasteiger partial charge in [-0.2, -0.15) is 0 Å². The predicted octanol–water partition coefficient (Wildman–Crippen LogP) is 4.15. The molecule has 3 rings (SSSR count). The number of carbonyl (C=O) groups is 1. The molecular weight excluding hydrogens is 300 g/mol. The first-order chi connectivity index (χ1) is 11.7. The third-order valence-corrected chi connectivity index (χ3v) is 3.60. The lowest BCUT2D eigenvalue weighted by Crippen LogP contribution is -2.26. The van der Waals surface area contributed by atoms with Crippen LogP contribution in [0.15, 0.2) is 79.1 Å². The predicted molar refractivity (Wildman–Crippen MR) is 93.0 cm³/mol. The highest BCUT2D eigenvalue weighted by atomic mass is 16.5. The van der Waals surface area contributed by atoms with Gasteiger partial charge in [-0.3, -0.25) is 9.78 Å². The number of benzene rings is 2. The number of rotatable bonds is 5. The molecule has 4 heteroatoms. The number of ether oxygens (including phenoxy) is 1. The first kappa shape index (κ1) is 15.7. The van der Waals surface area contributed by atoms with Crippen LogP contribution in [0.2, 0.25) is 0 Å². The van der Waals surface area contributed by atoms with E-state index in [-0.39, 0.29) is 5.91 Å². The lowest BCUT2D eigenvalue weighted by Gasteiger charge is -2.17. The third-order valence-electron chi connectivity index (χ3n) is 3.60. The average molecular weight is 318 g/mol. The highest BCUT2D eigenvalue weighted by Gasteiger charge is 2.12. The van der Waals surface area contributed by atoms with Crippen molar-refractivity contribution in [3.05, 3.63) is 90.3 Å². The highest BCUT2D eigenvalue weighted by molar-refractivity contribution is 5.94. The fourth-order valence-electron chi connectivity index (χ4n) is 2.34. The Morgan fingerprint density at radius 2 is 1.54 bits per heavy atom. The van der Waals surface area contributed by atoms with Gasteiger partial charge in [0.2, 0.25) is 0 Å². The van der Waals surface area contributed by atoms with Gasteiger partial charge in [-0.1, -0.05) is 18.2 Å². The van der Waals surface area contributed by atoms with E-state index in [0.29, 0.717) is 17.9 Å². The molecule has 0 atom stereocenters. The SMILES string of the molecule is CN(Cc1ccncc1)C(=O)c1ccc(Oc2ccccc2)cc1. The second kappa shape index (κ2) is 7.42. The van der Waals surface area contributed by atoms with Crippen molar-refractivity contribution in [1.29, 1.82) is 0 Å². The summed E-state index contributed by atoms with van der Waals surface area (Å²) in [6.07, 6.45) is 3.45. The summed E-state index contributed by atoms with van der Waals surface area (Å²) in [5.74, 6) is 1.44. The van der Waals surface area contributed by atoms with Gasteiger partial charge in [0.05, 0.1) is 0 Å². The van der Waals surface area contributed by atoms with Gasteiger partial charge in [0.1, 0.15) is 11.5 Å². The summed E-state index contributed by atoms with van der Waals surface area (Å²) >= 11 is 0. The molecule has 0 aliphatic carbocycles. The molecule has 24 heavy (non-hydrogen) atoms. The average Bonchev–Trinajstić information content (AvgIpc) is 2.63. The molecule has 0 saturated carbocycles. The van der Waals surface area contributed by atoms with E-state index in [2.05, 4.69) is 4.98 Å². The highest BCUT2D eigenvalue weighted by Crippen LogP contribution is 2.21. The summed E-state index contributed by atoms with van der Waals surface area (Å²) in [5, 5.41) is 0. The fraction of sp³-hybridized carbons (Fsp3) is 0.100. The summed E-state index contributed by atoms with van der Waals surface area (Å²) < 4.78 is 5.74. The normalized spacial score (nSPS) is 10.2. The second-order valence-corrected chi connectivity index (χ2v) is 5.46. The number of nitrogens with zero attached hydrogens (tertiary/aromatic N) is 2. The molecule has 1 heterocycles. The van der Waals surface area contributed by atoms with Crippen molar-refractivity contribution >= 4 is 5.91 Å². The van der Waals surface area contributed by atoms with Gasteiger partial charge in [-0.05, 0) is 54.1 Å². The molecule has 0 spiro atoms. The summed E-state index contributed by atoms with van der Waals surface area (Å²) in [6, 6.07) is 20.5. The van der Waals surface area contributed by atoms with E-state index in [4.69, 9.17) is 4.74 Å². The van der Waals surface area contributed by atoms with Crippen LogP contribution in [0, 0.1) is 0 Å². The van der Waals surface area contributed by atoms with Crippen LogP contribution in [0.5, 0.6) is 11.5 Å². The maximum absolute atomic E-state index is 12.5. The van der Waals surface area contributed by atoms with E-state index in [0.717, 1.165) is 11.3 Å². The Morgan fingerprint density at radius 3 is 2.21 bits per heavy atom. The second-order valence-electron chi connectivity index (χ2n) is 5.46. The molecule has 0 bridgehead atoms. The minimum atomic E-state index is -0.0296. The van der Waals surface area contributed by atoms with Gasteiger partial charge in [0.15, 0.2) is 0 Å². The van der Waals surface area contributed by atoms with E-state index >= 15 is 0 Å². The Balaban J connectivity index is 1.65. The molecule has 3 aromatic rings. The van der Waals surface area contributed by atoms with Gasteiger partial charge < -0.3 is 9.64 Å². The number of amides is 1. The zero-order valence-electron chi connectivity index (χ0n) is 13.4. The van der Waals surface area contributed by atoms with Gasteiger partial charge in [-0.25, -0.2) is 0 Å². The van der Waals surface area contributed by atoms with E-state index in [9.17, 15) is 4.79 Å². The van der Waals surface area contributed by atoms with Gasteiger partial charge >= 0.3 is 0 Å². The zero-order chi connectivity index (χ0) is 16.8. The fourth-order valence-corrected chi connectivity index (χ4v) is 2.34. The summed E-state index contributed by atoms with van der Waals surface area (Å²) in [5.41, 5.74) is 1.68. The quantitative estimate of drug-likeness (QED) is 0.710. The zero-order valence-corrected chi connectivity index (χ0v) is 13.4. The number of aromatic nitrogens is 1. The van der Waals surface area contributed by atoms with Crippen LogP contribution >= 0.6 is 0 Å². The van der Waals surface area contributed by atoms with Crippen LogP contribution in [0.3, 0.4) is 0 Å². The summed E-state index contributed by atoms with van der Waals surface area (Å²) in [4.78, 5) is 18.2. The van der Waals surface area contributed by atoms with Crippen LogP contribution in [-0.2, 0) is 6.54 Å². The monoisotopic (exact) mass is 318 g/mol. The van der Waals surface area contributed by atoms with Crippen molar-refractivity contribution < 1.29 is 9.53 Å². The Kier molecular flexibility index (Phi) is 4.87. The van der Waals surface area contributed by atoms with E-state index < -0.39 is 0 Å². The Bertz CT molecular complexity index is 787. The molecular formula is C20H18N2O2. The summed E-state index contributed by atoms with van der Waals surface area (Å²) in [6.45, 7) is 0.545. The van der Waals surface area contributed by atoms with E-state index in [1.54, 1.807) is 48.6 Å². The van der Waals surface area contributed by atoms with E-state index in [1.807, 2.05) is 42.5 Å². The maximum Gasteiger partial charge on any atom is 0.253 e. The molecule has 2 aromatic carbocycles. The molecule has 0 unspecified atom stereocenters. The van der Waals surface area contributed by atoms with E-state index in [1.165, 1.54) is 0 Å². The van der Waals surface area contributed by atoms with Crippen LogP contribution in [0.4, 0.5) is 0 Å². The number of pyridine rings is 1. The van der Waals surface area contributed by atoms with Crippen molar-refractivity contribution in [1.82, 2.24) is 9.88 Å². The molecule has 1 aromatic heterocycles. The molecule has 0 radical (unpaired) electrons. The lowest BCUT2D eigenvalue weighted by molar-refractivity contribution is 0.0785. The topological polar surface area (TPSA) is 42.4 Å². The van der Waals surface area contributed by atoms with Crippen molar-refractivity contribution in [2.75, 3.05) is 7.05 Å². The molecule has 0 aliphatic heterocycles. The van der Waals surface area contributed by atoms with Crippen molar-refractivity contribution in [2.24, 2.45) is 0 Å². The van der Waals surface area contributed by atoms with Gasteiger partial charge in [0.25, 0.3) is 5.91 Å². The van der Waals surface area contributed by atoms with Crippen LogP contribution < -0.4 is 4.74 Å². The number of carbonyl (C=O) groups excluding carboxylic acids is 1. The molecule has 1 amide bonds. The Hall–Kier alpha value is -3.14. The number of hydrogen-bond donors (Lipinski definition) is 0. The standard InChI is InChI=1S/C20H18N2O2/c1-22(15-16-11-13-21-14-12-16)20(23)17-7-9-19(10-8-17)24-18-5-3-2-4-6-18/h2-14H,15H2,1H3. The first-order valence-electron chi connectivity index (χ1n) is 7.70. The molecule has 0 aliphatic rings. The van der Waals surface area contributed by atoms with Crippen molar-refractivity contribution in [2.45, 2.75) is 6.54 Å². The summed E-state index contributed by atoms with van der Waals surface area (Å²) in [7, 11) is 1.79. The maximum atomic E-state index is 12.5. The van der Waals surface area contributed by atoms with Crippen LogP contribution in [0.25, 0.3) is 0 Å². The third kappa shape index (κ3) is 3.98. The van der Waals surface area contributed by atoms with Crippen LogP contribution in [-0.4, -0.2) is 22.8 Å². The minimum absolute atomic E-state index is 0.0296. The van der Waals surface area contributed by atoms with Crippen LogP contribution in [0.1, 0.15) is 15.9 Å². The Morgan fingerprint density at radius 1 is 0.917 bits per heavy atom. The number of hydrogen-bond acceptors (Lipinski definition) is 3. The first-order valence-corrected chi connectivity index (χ1v) is 7.70. The van der Waals surface area contributed by atoms with Crippen molar-refractivity contribution in [3.63, 3.8) is 0 Å². The molecule has 120 valence electrons. The largest absolute Gasteiger partial charge is 0.457 e. The molecule has 4 nitrogen and oxygen atoms in total. The number of para-hydroxylation sites is 1. The lowest BCUT2D eigenvalue weighted by atomic mass is 10.2. The van der Waals surface area contributed by atoms with Crippen molar-refractivity contribution in [3.8, 4) is 11.5 Å². The molecule has 0 fully saturated rings. The van der Waals surface area contributed by atoms with Gasteiger partial charge in [0, 0.05) is 31.5 Å². The Labute approximate surface area is 141 Å². The molecule has 0 saturated heterocycles. The van der Waals surface area contributed by atoms with Gasteiger partial charge in [-0.15, -0.1) is 0 Å².